The van der Waals surface area contributed by atoms with Crippen molar-refractivity contribution in [1.82, 2.24) is 4.98 Å². The predicted octanol–water partition coefficient (Wildman–Crippen LogP) is 1.42. The Labute approximate surface area is 105 Å². The van der Waals surface area contributed by atoms with Crippen molar-refractivity contribution in [2.45, 2.75) is 6.92 Å². The van der Waals surface area contributed by atoms with E-state index in [1.54, 1.807) is 12.4 Å². The number of pyridine rings is 1. The topological polar surface area (TPSA) is 60.5 Å². The van der Waals surface area contributed by atoms with E-state index in [9.17, 15) is 0 Å². The summed E-state index contributed by atoms with van der Waals surface area (Å²) < 4.78 is 0. The molecule has 1 aromatic heterocycles. The Kier molecular flexibility index (Phi) is 24.1. The number of hydrogen-bond donors (Lipinski definition) is 0. The fraction of sp³-hybridized carbons (Fsp3) is 0.125. The minimum atomic E-state index is 0. The Morgan fingerprint density at radius 3 is 1.57 bits per heavy atom. The molecule has 0 aromatic carbocycles. The molecular weight excluding hydrogens is 261 g/mol. The van der Waals surface area contributed by atoms with Crippen molar-refractivity contribution in [3.63, 3.8) is 0 Å². The Balaban J connectivity index is -0.000000150. The van der Waals surface area contributed by atoms with Crippen LogP contribution in [0.5, 0.6) is 0 Å². The number of hydrogen-bond acceptors (Lipinski definition) is 5. The summed E-state index contributed by atoms with van der Waals surface area (Å²) in [6.07, 6.45) is 3.57. The van der Waals surface area contributed by atoms with Crippen LogP contribution in [0.1, 0.15) is 5.56 Å². The van der Waals surface area contributed by atoms with Gasteiger partial charge in [-0.15, -0.1) is 0 Å². The second kappa shape index (κ2) is 18.0. The van der Waals surface area contributed by atoms with Crippen LogP contribution in [0.25, 0.3) is 0 Å². The van der Waals surface area contributed by atoms with Gasteiger partial charge in [0.2, 0.25) is 0 Å². The molecule has 0 amide bonds. The first-order valence-electron chi connectivity index (χ1n) is 3.12. The van der Waals surface area contributed by atoms with Gasteiger partial charge < -0.3 is 25.3 Å². The van der Waals surface area contributed by atoms with Gasteiger partial charge in [0.05, 0.1) is 0 Å². The van der Waals surface area contributed by atoms with Crippen molar-refractivity contribution in [2.75, 3.05) is 0 Å². The van der Waals surface area contributed by atoms with Crippen LogP contribution in [-0.2, 0) is 41.7 Å². The molecule has 0 fully saturated rings. The van der Waals surface area contributed by atoms with Crippen molar-refractivity contribution in [3.8, 4) is 10.8 Å². The smallest absolute Gasteiger partial charge is 0.696 e. The standard InChI is InChI=1S/C6H7N.2CHNS.Ni/c1-6-2-4-7-5-3-6;2*2-1-3;/h2-5H,1H3;2*3H;/q;;;+2/p-2. The maximum Gasteiger partial charge on any atom is 2.00 e. The quantitative estimate of drug-likeness (QED) is 0.404. The molecule has 0 saturated heterocycles. The normalized spacial score (nSPS) is 5.36. The molecule has 0 aliphatic rings. The largest absolute Gasteiger partial charge is 2.00 e. The molecule has 0 aliphatic heterocycles. The molecule has 6 heteroatoms. The molecule has 0 spiro atoms. The summed E-state index contributed by atoms with van der Waals surface area (Å²) >= 11 is 7.40. The van der Waals surface area contributed by atoms with Crippen LogP contribution < -0.4 is 0 Å². The first kappa shape index (κ1) is 18.8. The fourth-order valence-electron chi connectivity index (χ4n) is 0.426. The van der Waals surface area contributed by atoms with E-state index in [4.69, 9.17) is 10.5 Å². The molecule has 0 unspecified atom stereocenters. The zero-order valence-electron chi connectivity index (χ0n) is 7.28. The molecule has 0 aliphatic carbocycles. The van der Waals surface area contributed by atoms with Crippen molar-refractivity contribution in [2.24, 2.45) is 0 Å². The van der Waals surface area contributed by atoms with Gasteiger partial charge in [0.1, 0.15) is 0 Å². The van der Waals surface area contributed by atoms with Gasteiger partial charge >= 0.3 is 16.5 Å². The van der Waals surface area contributed by atoms with Crippen molar-refractivity contribution < 1.29 is 16.5 Å². The molecule has 3 nitrogen and oxygen atoms in total. The maximum absolute atomic E-state index is 7.13. The second-order valence-corrected chi connectivity index (χ2v) is 2.07. The Morgan fingerprint density at radius 1 is 1.14 bits per heavy atom. The average Bonchev–Trinajstić information content (AvgIpc) is 2.08. The van der Waals surface area contributed by atoms with Gasteiger partial charge in [-0.05, 0) is 24.6 Å². The average molecular weight is 268 g/mol. The van der Waals surface area contributed by atoms with Gasteiger partial charge in [-0.2, -0.15) is 0 Å². The van der Waals surface area contributed by atoms with Crippen LogP contribution in [0.15, 0.2) is 24.5 Å². The third kappa shape index (κ3) is 22.5. The van der Waals surface area contributed by atoms with E-state index < -0.39 is 0 Å². The maximum atomic E-state index is 7.13. The molecule has 0 bridgehead atoms. The number of rotatable bonds is 0. The second-order valence-electron chi connectivity index (χ2n) is 1.71. The van der Waals surface area contributed by atoms with E-state index in [0.717, 1.165) is 0 Å². The zero-order chi connectivity index (χ0) is 10.5. The van der Waals surface area contributed by atoms with Crippen molar-refractivity contribution >= 4 is 25.3 Å². The van der Waals surface area contributed by atoms with Crippen molar-refractivity contribution in [3.05, 3.63) is 30.1 Å². The summed E-state index contributed by atoms with van der Waals surface area (Å²) in [4.78, 5) is 3.85. The summed E-state index contributed by atoms with van der Waals surface area (Å²) in [6, 6.07) is 3.94. The van der Waals surface area contributed by atoms with Gasteiger partial charge in [-0.1, -0.05) is 10.8 Å². The van der Waals surface area contributed by atoms with Crippen LogP contribution in [0.2, 0.25) is 0 Å². The Morgan fingerprint density at radius 2 is 1.43 bits per heavy atom. The van der Waals surface area contributed by atoms with Gasteiger partial charge in [-0.25, -0.2) is 10.5 Å². The molecule has 1 rings (SSSR count). The number of thiocyanates is 2. The Hall–Kier alpha value is -0.936. The van der Waals surface area contributed by atoms with Gasteiger partial charge in [0, 0.05) is 12.4 Å². The van der Waals surface area contributed by atoms with Gasteiger partial charge in [-0.3, -0.25) is 4.98 Å². The van der Waals surface area contributed by atoms with E-state index in [1.165, 1.54) is 16.4 Å². The van der Waals surface area contributed by atoms with Crippen LogP contribution in [0.4, 0.5) is 0 Å². The van der Waals surface area contributed by atoms with Gasteiger partial charge in [0.25, 0.3) is 0 Å². The zero-order valence-corrected chi connectivity index (χ0v) is 9.90. The van der Waals surface area contributed by atoms with E-state index in [-0.39, 0.29) is 16.5 Å². The predicted molar refractivity (Wildman–Crippen MR) is 54.9 cm³/mol. The number of aryl methyl sites for hydroxylation is 1. The van der Waals surface area contributed by atoms with E-state index >= 15 is 0 Å². The first-order chi connectivity index (χ1) is 6.22. The molecule has 0 radical (unpaired) electrons. The molecule has 76 valence electrons. The summed E-state index contributed by atoms with van der Waals surface area (Å²) in [5, 5.41) is 16.9. The minimum absolute atomic E-state index is 0. The molecule has 0 N–H and O–H groups in total. The molecule has 1 heterocycles. The Bertz CT molecular complexity index is 267. The monoisotopic (exact) mass is 267 g/mol. The molecule has 1 aromatic rings. The van der Waals surface area contributed by atoms with Gasteiger partial charge in [0.15, 0.2) is 0 Å². The molecule has 0 atom stereocenters. The van der Waals surface area contributed by atoms with Crippen LogP contribution in [-0.4, -0.2) is 4.98 Å². The SMILES string of the molecule is Cc1ccncc1.N#C[S-].N#C[S-].[Ni+2]. The minimum Gasteiger partial charge on any atom is -0.696 e. The van der Waals surface area contributed by atoms with E-state index in [1.807, 2.05) is 19.1 Å². The third-order valence-corrected chi connectivity index (χ3v) is 0.847. The van der Waals surface area contributed by atoms with E-state index in [2.05, 4.69) is 30.2 Å². The van der Waals surface area contributed by atoms with Crippen LogP contribution in [0, 0.1) is 28.3 Å². The fourth-order valence-corrected chi connectivity index (χ4v) is 0.426. The molecule has 14 heavy (non-hydrogen) atoms. The third-order valence-electron chi connectivity index (χ3n) is 0.847. The first-order valence-corrected chi connectivity index (χ1v) is 3.93. The summed E-state index contributed by atoms with van der Waals surface area (Å²) in [5.74, 6) is 0. The van der Waals surface area contributed by atoms with Crippen LogP contribution >= 0.6 is 0 Å². The van der Waals surface area contributed by atoms with Crippen LogP contribution in [0.3, 0.4) is 0 Å². The number of nitrogens with zero attached hydrogens (tertiary/aromatic N) is 3. The number of aromatic nitrogens is 1. The summed E-state index contributed by atoms with van der Waals surface area (Å²) in [7, 11) is 0. The molecule has 0 saturated carbocycles. The summed E-state index contributed by atoms with van der Waals surface area (Å²) in [6.45, 7) is 2.04. The van der Waals surface area contributed by atoms with Crippen molar-refractivity contribution in [1.29, 1.82) is 10.5 Å². The molecular formula is C8H7N3NiS2. The van der Waals surface area contributed by atoms with E-state index in [0.29, 0.717) is 0 Å². The summed E-state index contributed by atoms with van der Waals surface area (Å²) in [5.41, 5.74) is 1.26. The number of nitriles is 2.